The lowest BCUT2D eigenvalue weighted by Gasteiger charge is -2.27. The zero-order chi connectivity index (χ0) is 16.5. The maximum atomic E-state index is 11.7. The molecule has 24 heavy (non-hydrogen) atoms. The van der Waals surface area contributed by atoms with E-state index in [2.05, 4.69) is 30.5 Å². The maximum absolute atomic E-state index is 11.7. The molecule has 0 saturated heterocycles. The van der Waals surface area contributed by atoms with Crippen LogP contribution in [0.25, 0.3) is 22.6 Å². The zero-order valence-electron chi connectivity index (χ0n) is 13.0. The van der Waals surface area contributed by atoms with E-state index in [1.54, 1.807) is 6.20 Å². The molecule has 122 valence electrons. The summed E-state index contributed by atoms with van der Waals surface area (Å²) in [4.78, 5) is 26.7. The number of nitrogens with zero attached hydrogens (tertiary/aromatic N) is 5. The fourth-order valence-corrected chi connectivity index (χ4v) is 2.65. The quantitative estimate of drug-likeness (QED) is 0.764. The summed E-state index contributed by atoms with van der Waals surface area (Å²) in [7, 11) is 0. The van der Waals surface area contributed by atoms with Gasteiger partial charge in [0.1, 0.15) is 6.33 Å². The number of likely N-dealkylation sites (N-methyl/N-ethyl adjacent to an activating group) is 1. The van der Waals surface area contributed by atoms with E-state index in [1.807, 2.05) is 36.1 Å². The number of amides is 1. The average Bonchev–Trinajstić information content (AvgIpc) is 3.15. The number of rotatable bonds is 3. The first kappa shape index (κ1) is 14.3. The molecule has 0 radical (unpaired) electrons. The summed E-state index contributed by atoms with van der Waals surface area (Å²) in [5.74, 6) is 1.87. The van der Waals surface area contributed by atoms with Crippen LogP contribution in [0.15, 0.2) is 36.8 Å². The van der Waals surface area contributed by atoms with Gasteiger partial charge in [-0.15, -0.1) is 0 Å². The van der Waals surface area contributed by atoms with E-state index in [4.69, 9.17) is 0 Å². The smallest absolute Gasteiger partial charge is 0.245 e. The molecule has 3 heterocycles. The van der Waals surface area contributed by atoms with Crippen molar-refractivity contribution in [3.05, 3.63) is 36.8 Å². The van der Waals surface area contributed by atoms with Crippen molar-refractivity contribution >= 4 is 17.5 Å². The van der Waals surface area contributed by atoms with Crippen LogP contribution >= 0.6 is 0 Å². The Morgan fingerprint density at radius 1 is 1.21 bits per heavy atom. The molecule has 8 nitrogen and oxygen atoms in total. The fraction of sp³-hybridized carbons (Fsp3) is 0.188. The van der Waals surface area contributed by atoms with Crippen LogP contribution in [0.3, 0.4) is 0 Å². The normalized spacial score (nSPS) is 13.5. The van der Waals surface area contributed by atoms with Crippen LogP contribution in [-0.4, -0.2) is 44.1 Å². The van der Waals surface area contributed by atoms with Crippen molar-refractivity contribution in [1.82, 2.24) is 25.1 Å². The first-order valence-corrected chi connectivity index (χ1v) is 7.62. The van der Waals surface area contributed by atoms with Gasteiger partial charge < -0.3 is 10.2 Å². The van der Waals surface area contributed by atoms with Gasteiger partial charge in [-0.2, -0.15) is 5.10 Å². The first-order valence-electron chi connectivity index (χ1n) is 7.62. The summed E-state index contributed by atoms with van der Waals surface area (Å²) in [6, 6.07) is 7.84. The van der Waals surface area contributed by atoms with Gasteiger partial charge in [-0.3, -0.25) is 9.89 Å². The van der Waals surface area contributed by atoms with Crippen LogP contribution in [0.4, 0.5) is 11.6 Å². The second-order valence-electron chi connectivity index (χ2n) is 5.40. The number of benzene rings is 1. The molecule has 0 saturated carbocycles. The summed E-state index contributed by atoms with van der Waals surface area (Å²) < 4.78 is 0. The average molecular weight is 323 g/mol. The van der Waals surface area contributed by atoms with Crippen LogP contribution < -0.4 is 10.2 Å². The standard InChI is InChI=1S/C16H15N7O.H2/c1-2-23-8-13(24)21-15-16(23)20-12(7-17-15)10-3-5-11(6-4-10)14-18-9-19-22-14;/h3-7,9H,2,8H2,1H3,(H,17,21,24)(H,18,19,22);1H. The van der Waals surface area contributed by atoms with E-state index in [0.29, 0.717) is 24.7 Å². The van der Waals surface area contributed by atoms with Crippen LogP contribution in [0.5, 0.6) is 0 Å². The highest BCUT2D eigenvalue weighted by molar-refractivity contribution is 5.99. The lowest BCUT2D eigenvalue weighted by molar-refractivity contribution is -0.115. The third-order valence-corrected chi connectivity index (χ3v) is 3.90. The van der Waals surface area contributed by atoms with Gasteiger partial charge in [0.15, 0.2) is 17.5 Å². The van der Waals surface area contributed by atoms with Crippen molar-refractivity contribution in [2.24, 2.45) is 0 Å². The number of aromatic nitrogens is 5. The van der Waals surface area contributed by atoms with Crippen LogP contribution in [0.2, 0.25) is 0 Å². The Bertz CT molecular complexity index is 880. The largest absolute Gasteiger partial charge is 0.344 e. The van der Waals surface area contributed by atoms with E-state index in [0.717, 1.165) is 22.6 Å². The Balaban J connectivity index is 0.00000182. The zero-order valence-corrected chi connectivity index (χ0v) is 13.0. The number of anilines is 2. The molecular weight excluding hydrogens is 306 g/mol. The lowest BCUT2D eigenvalue weighted by Crippen LogP contribution is -2.39. The van der Waals surface area contributed by atoms with Gasteiger partial charge in [0.2, 0.25) is 5.91 Å². The third-order valence-electron chi connectivity index (χ3n) is 3.90. The third kappa shape index (κ3) is 2.47. The minimum atomic E-state index is -0.0668. The van der Waals surface area contributed by atoms with E-state index < -0.39 is 0 Å². The molecule has 0 fully saturated rings. The molecular formula is C16H17N7O. The summed E-state index contributed by atoms with van der Waals surface area (Å²) in [6.45, 7) is 2.98. The van der Waals surface area contributed by atoms with Crippen molar-refractivity contribution in [1.29, 1.82) is 0 Å². The van der Waals surface area contributed by atoms with Crippen molar-refractivity contribution in [3.63, 3.8) is 0 Å². The molecule has 2 aromatic heterocycles. The highest BCUT2D eigenvalue weighted by Crippen LogP contribution is 2.28. The van der Waals surface area contributed by atoms with Crippen molar-refractivity contribution in [2.75, 3.05) is 23.3 Å². The molecule has 4 rings (SSSR count). The van der Waals surface area contributed by atoms with Crippen molar-refractivity contribution in [2.45, 2.75) is 6.92 Å². The highest BCUT2D eigenvalue weighted by Gasteiger charge is 2.23. The van der Waals surface area contributed by atoms with Crippen LogP contribution in [-0.2, 0) is 4.79 Å². The van der Waals surface area contributed by atoms with Gasteiger partial charge in [0.05, 0.1) is 18.4 Å². The molecule has 8 heteroatoms. The Morgan fingerprint density at radius 3 is 2.71 bits per heavy atom. The molecule has 0 spiro atoms. The molecule has 0 aliphatic carbocycles. The van der Waals surface area contributed by atoms with E-state index in [1.165, 1.54) is 6.33 Å². The number of aromatic amines is 1. The SMILES string of the molecule is CCN1CC(=O)Nc2ncc(-c3ccc(-c4ncn[nH]4)cc3)nc21.[HH]. The van der Waals surface area contributed by atoms with E-state index in [9.17, 15) is 4.79 Å². The van der Waals surface area contributed by atoms with Gasteiger partial charge in [-0.05, 0) is 6.92 Å². The van der Waals surface area contributed by atoms with Crippen LogP contribution in [0, 0.1) is 0 Å². The number of H-pyrrole nitrogens is 1. The predicted octanol–water partition coefficient (Wildman–Crippen LogP) is 1.95. The fourth-order valence-electron chi connectivity index (χ4n) is 2.65. The number of carbonyl (C=O) groups is 1. The van der Waals surface area contributed by atoms with E-state index in [-0.39, 0.29) is 7.33 Å². The Hall–Kier alpha value is -3.29. The lowest BCUT2D eigenvalue weighted by atomic mass is 10.1. The Morgan fingerprint density at radius 2 is 2.00 bits per heavy atom. The molecule has 1 aliphatic heterocycles. The maximum Gasteiger partial charge on any atom is 0.245 e. The summed E-state index contributed by atoms with van der Waals surface area (Å²) in [5, 5.41) is 9.44. The van der Waals surface area contributed by atoms with Gasteiger partial charge in [-0.25, -0.2) is 15.0 Å². The minimum absolute atomic E-state index is 0. The summed E-state index contributed by atoms with van der Waals surface area (Å²) >= 11 is 0. The van der Waals surface area contributed by atoms with E-state index >= 15 is 0 Å². The van der Waals surface area contributed by atoms with Crippen LogP contribution in [0.1, 0.15) is 8.35 Å². The molecule has 3 aromatic rings. The molecule has 1 aliphatic rings. The van der Waals surface area contributed by atoms with Gasteiger partial charge in [0.25, 0.3) is 0 Å². The molecule has 0 bridgehead atoms. The Labute approximate surface area is 139 Å². The number of nitrogens with one attached hydrogen (secondary N) is 2. The molecule has 1 amide bonds. The van der Waals surface area contributed by atoms with Gasteiger partial charge in [0, 0.05) is 19.1 Å². The number of hydrogen-bond donors (Lipinski definition) is 2. The Kier molecular flexibility index (Phi) is 3.42. The minimum Gasteiger partial charge on any atom is -0.344 e. The summed E-state index contributed by atoms with van der Waals surface area (Å²) in [6.07, 6.45) is 3.15. The topological polar surface area (TPSA) is 99.7 Å². The monoisotopic (exact) mass is 323 g/mol. The highest BCUT2D eigenvalue weighted by atomic mass is 16.2. The van der Waals surface area contributed by atoms with Crippen molar-refractivity contribution in [3.8, 4) is 22.6 Å². The molecule has 0 atom stereocenters. The molecule has 2 N–H and O–H groups in total. The van der Waals surface area contributed by atoms with Gasteiger partial charge in [-0.1, -0.05) is 24.3 Å². The molecule has 1 aromatic carbocycles. The molecule has 0 unspecified atom stereocenters. The second-order valence-corrected chi connectivity index (χ2v) is 5.40. The number of fused-ring (bicyclic) bond motifs is 1. The predicted molar refractivity (Wildman–Crippen MR) is 91.5 cm³/mol. The second kappa shape index (κ2) is 5.73. The summed E-state index contributed by atoms with van der Waals surface area (Å²) in [5.41, 5.74) is 2.65. The number of hydrogen-bond acceptors (Lipinski definition) is 6. The van der Waals surface area contributed by atoms with Gasteiger partial charge >= 0.3 is 0 Å². The first-order chi connectivity index (χ1) is 11.7. The number of carbonyl (C=O) groups excluding carboxylic acids is 1. The van der Waals surface area contributed by atoms with Crippen molar-refractivity contribution < 1.29 is 6.22 Å².